The summed E-state index contributed by atoms with van der Waals surface area (Å²) < 4.78 is 5.30. The van der Waals surface area contributed by atoms with Gasteiger partial charge < -0.3 is 4.74 Å². The van der Waals surface area contributed by atoms with Crippen molar-refractivity contribution in [2.45, 2.75) is 19.4 Å². The van der Waals surface area contributed by atoms with E-state index in [2.05, 4.69) is 6.58 Å². The third-order valence-electron chi connectivity index (χ3n) is 5.03. The number of carbonyl (C=O) groups excluding carboxylic acids is 2. The molecule has 4 rings (SSSR count). The number of hydrogen-bond donors (Lipinski definition) is 0. The first kappa shape index (κ1) is 8.08. The molecule has 78 valence electrons. The van der Waals surface area contributed by atoms with Crippen LogP contribution >= 0.6 is 0 Å². The Balaban J connectivity index is 1.79. The lowest BCUT2D eigenvalue weighted by Gasteiger charge is -2.37. The van der Waals surface area contributed by atoms with E-state index in [4.69, 9.17) is 4.74 Å². The summed E-state index contributed by atoms with van der Waals surface area (Å²) in [6.45, 7) is 5.51. The standard InChI is InChI=1S/C12H12O3/c1-4(2)10(13)12-6-3-5-7(12)9(8(6)12)15-11(5)14/h5-9H,1,3H2,2H3. The van der Waals surface area contributed by atoms with Crippen molar-refractivity contribution in [2.75, 3.05) is 0 Å². The molecule has 15 heavy (non-hydrogen) atoms. The van der Waals surface area contributed by atoms with Crippen molar-refractivity contribution < 1.29 is 14.3 Å². The molecule has 1 saturated heterocycles. The molecule has 6 unspecified atom stereocenters. The van der Waals surface area contributed by atoms with Crippen LogP contribution in [0.2, 0.25) is 0 Å². The molecule has 3 heteroatoms. The summed E-state index contributed by atoms with van der Waals surface area (Å²) >= 11 is 0. The Labute approximate surface area is 87.5 Å². The highest BCUT2D eigenvalue weighted by atomic mass is 16.6. The van der Waals surface area contributed by atoms with Crippen LogP contribution in [0.3, 0.4) is 0 Å². The highest BCUT2D eigenvalue weighted by Crippen LogP contribution is 2.86. The van der Waals surface area contributed by atoms with Gasteiger partial charge in [-0.3, -0.25) is 9.59 Å². The Morgan fingerprint density at radius 3 is 2.87 bits per heavy atom. The Morgan fingerprint density at radius 2 is 2.27 bits per heavy atom. The summed E-state index contributed by atoms with van der Waals surface area (Å²) in [5, 5.41) is 0. The summed E-state index contributed by atoms with van der Waals surface area (Å²) in [4.78, 5) is 23.6. The fourth-order valence-corrected chi connectivity index (χ4v) is 4.63. The normalized spacial score (nSPS) is 56.9. The third-order valence-corrected chi connectivity index (χ3v) is 5.03. The molecular weight excluding hydrogens is 192 g/mol. The molecule has 0 aromatic carbocycles. The maximum absolute atomic E-state index is 12.1. The second kappa shape index (κ2) is 1.91. The van der Waals surface area contributed by atoms with Crippen LogP contribution < -0.4 is 0 Å². The first-order valence-electron chi connectivity index (χ1n) is 5.51. The molecule has 3 saturated carbocycles. The van der Waals surface area contributed by atoms with Gasteiger partial charge in [-0.15, -0.1) is 0 Å². The zero-order valence-corrected chi connectivity index (χ0v) is 8.53. The van der Waals surface area contributed by atoms with Gasteiger partial charge in [-0.25, -0.2) is 0 Å². The summed E-state index contributed by atoms with van der Waals surface area (Å²) in [7, 11) is 0. The minimum absolute atomic E-state index is 0.0216. The Hall–Kier alpha value is -1.12. The average Bonchev–Trinajstić information content (AvgIpc) is 2.54. The van der Waals surface area contributed by atoms with E-state index >= 15 is 0 Å². The molecular formula is C12H12O3. The minimum atomic E-state index is -0.201. The number of fused-ring (bicyclic) bond motifs is 2. The largest absolute Gasteiger partial charge is 0.461 e. The lowest BCUT2D eigenvalue weighted by atomic mass is 9.64. The van der Waals surface area contributed by atoms with E-state index in [0.717, 1.165) is 6.42 Å². The molecule has 0 aromatic rings. The predicted molar refractivity (Wildman–Crippen MR) is 50.7 cm³/mol. The van der Waals surface area contributed by atoms with Crippen LogP contribution in [0.25, 0.3) is 0 Å². The van der Waals surface area contributed by atoms with Gasteiger partial charge >= 0.3 is 5.97 Å². The third kappa shape index (κ3) is 0.545. The van der Waals surface area contributed by atoms with Crippen LogP contribution in [0.4, 0.5) is 0 Å². The number of hydrogen-bond acceptors (Lipinski definition) is 3. The van der Waals surface area contributed by atoms with Crippen molar-refractivity contribution in [2.24, 2.45) is 29.1 Å². The number of esters is 1. The quantitative estimate of drug-likeness (QED) is 0.496. The summed E-state index contributed by atoms with van der Waals surface area (Å²) in [6.07, 6.45) is 0.952. The van der Waals surface area contributed by atoms with Gasteiger partial charge in [0.05, 0.1) is 11.3 Å². The molecule has 0 bridgehead atoms. The molecule has 0 amide bonds. The van der Waals surface area contributed by atoms with Crippen LogP contribution in [-0.4, -0.2) is 17.9 Å². The Kier molecular flexibility index (Phi) is 1.03. The maximum atomic E-state index is 12.1. The fraction of sp³-hybridized carbons (Fsp3) is 0.667. The monoisotopic (exact) mass is 204 g/mol. The number of allylic oxidation sites excluding steroid dienone is 1. The van der Waals surface area contributed by atoms with Crippen molar-refractivity contribution in [1.29, 1.82) is 0 Å². The second-order valence-corrected chi connectivity index (χ2v) is 5.44. The first-order chi connectivity index (χ1) is 7.10. The molecule has 3 aliphatic carbocycles. The van der Waals surface area contributed by atoms with Crippen molar-refractivity contribution in [3.8, 4) is 0 Å². The van der Waals surface area contributed by atoms with E-state index < -0.39 is 0 Å². The molecule has 0 radical (unpaired) electrons. The number of carbonyl (C=O) groups is 2. The number of ether oxygens (including phenoxy) is 1. The van der Waals surface area contributed by atoms with Crippen LogP contribution in [0.5, 0.6) is 0 Å². The molecule has 1 aliphatic heterocycles. The summed E-state index contributed by atoms with van der Waals surface area (Å²) in [5.41, 5.74) is 0.439. The SMILES string of the molecule is C=C(C)C(=O)C12C3CC4C(=O)OC(C41)C32. The van der Waals surface area contributed by atoms with E-state index in [-0.39, 0.29) is 35.1 Å². The zero-order valence-electron chi connectivity index (χ0n) is 8.53. The van der Waals surface area contributed by atoms with Gasteiger partial charge in [-0.1, -0.05) is 6.58 Å². The van der Waals surface area contributed by atoms with Crippen molar-refractivity contribution >= 4 is 11.8 Å². The summed E-state index contributed by atoms with van der Waals surface area (Å²) in [6, 6.07) is 0. The smallest absolute Gasteiger partial charge is 0.309 e. The van der Waals surface area contributed by atoms with Crippen molar-refractivity contribution in [3.63, 3.8) is 0 Å². The van der Waals surface area contributed by atoms with Gasteiger partial charge in [0.1, 0.15) is 6.10 Å². The van der Waals surface area contributed by atoms with Crippen LogP contribution in [0.15, 0.2) is 12.2 Å². The van der Waals surface area contributed by atoms with Gasteiger partial charge in [0.15, 0.2) is 5.78 Å². The van der Waals surface area contributed by atoms with Gasteiger partial charge in [-0.05, 0) is 24.8 Å². The van der Waals surface area contributed by atoms with Gasteiger partial charge in [0.2, 0.25) is 0 Å². The van der Waals surface area contributed by atoms with Gasteiger partial charge in [-0.2, -0.15) is 0 Å². The molecule has 0 N–H and O–H groups in total. The molecule has 1 heterocycles. The fourth-order valence-electron chi connectivity index (χ4n) is 4.63. The van der Waals surface area contributed by atoms with E-state index in [1.54, 1.807) is 6.92 Å². The zero-order chi connectivity index (χ0) is 10.5. The topological polar surface area (TPSA) is 43.4 Å². The lowest BCUT2D eigenvalue weighted by Crippen LogP contribution is -2.47. The van der Waals surface area contributed by atoms with Crippen LogP contribution in [0.1, 0.15) is 13.3 Å². The minimum Gasteiger partial charge on any atom is -0.461 e. The highest BCUT2D eigenvalue weighted by molar-refractivity contribution is 6.05. The first-order valence-corrected chi connectivity index (χ1v) is 5.51. The van der Waals surface area contributed by atoms with Crippen LogP contribution in [-0.2, 0) is 14.3 Å². The van der Waals surface area contributed by atoms with E-state index in [1.807, 2.05) is 0 Å². The number of Topliss-reactive ketones (excluding diaryl/α,β-unsaturated/α-hetero) is 1. The van der Waals surface area contributed by atoms with E-state index in [1.165, 1.54) is 0 Å². The Morgan fingerprint density at radius 1 is 1.53 bits per heavy atom. The number of ketones is 1. The van der Waals surface area contributed by atoms with E-state index in [0.29, 0.717) is 17.4 Å². The molecule has 4 fully saturated rings. The molecule has 3 nitrogen and oxygen atoms in total. The molecule has 6 atom stereocenters. The molecule has 0 spiro atoms. The predicted octanol–water partition coefficient (Wildman–Crippen LogP) is 0.939. The maximum Gasteiger partial charge on any atom is 0.309 e. The van der Waals surface area contributed by atoms with Gasteiger partial charge in [0, 0.05) is 11.8 Å². The van der Waals surface area contributed by atoms with E-state index in [9.17, 15) is 9.59 Å². The lowest BCUT2D eigenvalue weighted by molar-refractivity contribution is -0.148. The van der Waals surface area contributed by atoms with Gasteiger partial charge in [0.25, 0.3) is 0 Å². The Bertz CT molecular complexity index is 432. The van der Waals surface area contributed by atoms with Crippen molar-refractivity contribution in [1.82, 2.24) is 0 Å². The summed E-state index contributed by atoms with van der Waals surface area (Å²) in [5.74, 6) is 1.12. The van der Waals surface area contributed by atoms with Crippen molar-refractivity contribution in [3.05, 3.63) is 12.2 Å². The molecule has 0 aromatic heterocycles. The van der Waals surface area contributed by atoms with Crippen LogP contribution in [0, 0.1) is 29.1 Å². The average molecular weight is 204 g/mol. The number of rotatable bonds is 2. The second-order valence-electron chi connectivity index (χ2n) is 5.44. The molecule has 4 aliphatic rings. The highest BCUT2D eigenvalue weighted by Gasteiger charge is 2.92.